The highest BCUT2D eigenvalue weighted by atomic mass is 16.2. The second-order valence-electron chi connectivity index (χ2n) is 5.29. The molecule has 0 radical (unpaired) electrons. The highest BCUT2D eigenvalue weighted by Crippen LogP contribution is 2.19. The molecule has 0 unspecified atom stereocenters. The summed E-state index contributed by atoms with van der Waals surface area (Å²) in [7, 11) is 0. The third-order valence-corrected chi connectivity index (χ3v) is 3.71. The lowest BCUT2D eigenvalue weighted by molar-refractivity contribution is 0.0926. The number of carbonyl (C=O) groups is 1. The van der Waals surface area contributed by atoms with Crippen LogP contribution in [0.5, 0.6) is 0 Å². The van der Waals surface area contributed by atoms with Crippen LogP contribution in [0.2, 0.25) is 0 Å². The summed E-state index contributed by atoms with van der Waals surface area (Å²) in [5.74, 6) is -0.131. The molecule has 22 heavy (non-hydrogen) atoms. The number of hydrazine groups is 1. The molecule has 3 aromatic rings. The van der Waals surface area contributed by atoms with Crippen LogP contribution in [-0.4, -0.2) is 5.91 Å². The third kappa shape index (κ3) is 3.15. The summed E-state index contributed by atoms with van der Waals surface area (Å²) in [6, 6.07) is 23.8. The Labute approximate surface area is 129 Å². The zero-order valence-electron chi connectivity index (χ0n) is 12.4. The van der Waals surface area contributed by atoms with Crippen LogP contribution < -0.4 is 10.9 Å². The minimum absolute atomic E-state index is 0.0252. The molecule has 3 aromatic carbocycles. The van der Waals surface area contributed by atoms with Crippen LogP contribution in [0.3, 0.4) is 0 Å². The molecule has 3 nitrogen and oxygen atoms in total. The number of fused-ring (bicyclic) bond motifs is 1. The number of amides is 1. The molecule has 0 saturated heterocycles. The Kier molecular flexibility index (Phi) is 4.17. The van der Waals surface area contributed by atoms with Crippen molar-refractivity contribution in [1.29, 1.82) is 0 Å². The van der Waals surface area contributed by atoms with Crippen LogP contribution >= 0.6 is 0 Å². The molecule has 0 aliphatic heterocycles. The molecule has 0 aliphatic rings. The number of carbonyl (C=O) groups excluding carboxylic acids is 1. The monoisotopic (exact) mass is 290 g/mol. The molecule has 0 spiro atoms. The van der Waals surface area contributed by atoms with Gasteiger partial charge in [0, 0.05) is 11.6 Å². The van der Waals surface area contributed by atoms with Crippen molar-refractivity contribution >= 4 is 16.7 Å². The first-order valence-corrected chi connectivity index (χ1v) is 7.33. The van der Waals surface area contributed by atoms with Gasteiger partial charge in [-0.3, -0.25) is 10.2 Å². The SMILES string of the molecule is C[C@@H](NNC(=O)c1ccccc1)c1ccc2ccccc2c1. The molecule has 1 amide bonds. The fourth-order valence-electron chi connectivity index (χ4n) is 2.40. The summed E-state index contributed by atoms with van der Waals surface area (Å²) in [4.78, 5) is 12.0. The van der Waals surface area contributed by atoms with E-state index in [0.29, 0.717) is 5.56 Å². The molecule has 1 atom stereocenters. The topological polar surface area (TPSA) is 41.1 Å². The summed E-state index contributed by atoms with van der Waals surface area (Å²) >= 11 is 0. The Bertz CT molecular complexity index is 784. The Hall–Kier alpha value is -2.65. The van der Waals surface area contributed by atoms with Crippen molar-refractivity contribution in [2.45, 2.75) is 13.0 Å². The van der Waals surface area contributed by atoms with Crippen LogP contribution in [0.15, 0.2) is 72.8 Å². The van der Waals surface area contributed by atoms with E-state index < -0.39 is 0 Å². The average Bonchev–Trinajstić information content (AvgIpc) is 2.59. The van der Waals surface area contributed by atoms with Gasteiger partial charge < -0.3 is 0 Å². The molecular formula is C19H18N2O. The third-order valence-electron chi connectivity index (χ3n) is 3.71. The van der Waals surface area contributed by atoms with E-state index >= 15 is 0 Å². The van der Waals surface area contributed by atoms with Crippen LogP contribution in [0.4, 0.5) is 0 Å². The second-order valence-corrected chi connectivity index (χ2v) is 5.29. The minimum atomic E-state index is -0.131. The van der Waals surface area contributed by atoms with E-state index in [0.717, 1.165) is 5.56 Å². The van der Waals surface area contributed by atoms with Crippen LogP contribution in [0.1, 0.15) is 28.9 Å². The van der Waals surface area contributed by atoms with Crippen molar-refractivity contribution < 1.29 is 4.79 Å². The van der Waals surface area contributed by atoms with E-state index in [-0.39, 0.29) is 11.9 Å². The molecule has 0 fully saturated rings. The standard InChI is InChI=1S/C19H18N2O/c1-14(20-21-19(22)16-8-3-2-4-9-16)17-12-11-15-7-5-6-10-18(15)13-17/h2-14,20H,1H3,(H,21,22)/t14-/m1/s1. The smallest absolute Gasteiger partial charge is 0.265 e. The van der Waals surface area contributed by atoms with E-state index in [1.165, 1.54) is 10.8 Å². The van der Waals surface area contributed by atoms with Crippen molar-refractivity contribution in [2.75, 3.05) is 0 Å². The molecule has 0 saturated carbocycles. The molecule has 110 valence electrons. The maximum absolute atomic E-state index is 12.0. The van der Waals surface area contributed by atoms with Gasteiger partial charge in [-0.15, -0.1) is 0 Å². The molecule has 3 heteroatoms. The fourth-order valence-corrected chi connectivity index (χ4v) is 2.40. The van der Waals surface area contributed by atoms with Gasteiger partial charge in [0.1, 0.15) is 0 Å². The van der Waals surface area contributed by atoms with Gasteiger partial charge in [-0.25, -0.2) is 5.43 Å². The molecule has 2 N–H and O–H groups in total. The molecular weight excluding hydrogens is 272 g/mol. The Morgan fingerprint density at radius 1 is 0.864 bits per heavy atom. The first-order chi connectivity index (χ1) is 10.7. The fraction of sp³-hybridized carbons (Fsp3) is 0.105. The zero-order chi connectivity index (χ0) is 15.4. The average molecular weight is 290 g/mol. The van der Waals surface area contributed by atoms with Gasteiger partial charge in [-0.05, 0) is 41.5 Å². The first kappa shape index (κ1) is 14.3. The number of nitrogens with one attached hydrogen (secondary N) is 2. The molecule has 0 aliphatic carbocycles. The van der Waals surface area contributed by atoms with Crippen LogP contribution in [0.25, 0.3) is 10.8 Å². The Morgan fingerprint density at radius 2 is 1.55 bits per heavy atom. The number of hydrogen-bond acceptors (Lipinski definition) is 2. The van der Waals surface area contributed by atoms with Gasteiger partial charge in [0.25, 0.3) is 5.91 Å². The van der Waals surface area contributed by atoms with Gasteiger partial charge >= 0.3 is 0 Å². The maximum Gasteiger partial charge on any atom is 0.265 e. The maximum atomic E-state index is 12.0. The van der Waals surface area contributed by atoms with Crippen molar-refractivity contribution in [2.24, 2.45) is 0 Å². The molecule has 0 aromatic heterocycles. The lowest BCUT2D eigenvalue weighted by Gasteiger charge is -2.16. The summed E-state index contributed by atoms with van der Waals surface area (Å²) in [5.41, 5.74) is 7.59. The number of hydrogen-bond donors (Lipinski definition) is 2. The number of benzene rings is 3. The zero-order valence-corrected chi connectivity index (χ0v) is 12.4. The van der Waals surface area contributed by atoms with Gasteiger partial charge in [0.05, 0.1) is 0 Å². The van der Waals surface area contributed by atoms with Crippen molar-refractivity contribution in [3.63, 3.8) is 0 Å². The van der Waals surface area contributed by atoms with E-state index in [1.807, 2.05) is 37.3 Å². The minimum Gasteiger partial charge on any atom is -0.287 e. The predicted molar refractivity (Wildman–Crippen MR) is 89.4 cm³/mol. The Balaban J connectivity index is 1.68. The highest BCUT2D eigenvalue weighted by molar-refractivity contribution is 5.93. The quantitative estimate of drug-likeness (QED) is 0.717. The highest BCUT2D eigenvalue weighted by Gasteiger charge is 2.08. The van der Waals surface area contributed by atoms with Crippen LogP contribution in [0, 0.1) is 0 Å². The van der Waals surface area contributed by atoms with E-state index in [4.69, 9.17) is 0 Å². The van der Waals surface area contributed by atoms with Crippen molar-refractivity contribution in [3.05, 3.63) is 83.9 Å². The summed E-state index contributed by atoms with van der Waals surface area (Å²) in [6.45, 7) is 2.02. The van der Waals surface area contributed by atoms with Crippen molar-refractivity contribution in [1.82, 2.24) is 10.9 Å². The molecule has 0 bridgehead atoms. The van der Waals surface area contributed by atoms with E-state index in [9.17, 15) is 4.79 Å². The van der Waals surface area contributed by atoms with Crippen LogP contribution in [-0.2, 0) is 0 Å². The predicted octanol–water partition coefficient (Wildman–Crippen LogP) is 3.84. The lowest BCUT2D eigenvalue weighted by Crippen LogP contribution is -2.39. The number of rotatable bonds is 4. The Morgan fingerprint density at radius 3 is 2.32 bits per heavy atom. The lowest BCUT2D eigenvalue weighted by atomic mass is 10.0. The van der Waals surface area contributed by atoms with Gasteiger partial charge in [0.15, 0.2) is 0 Å². The second kappa shape index (κ2) is 6.41. The van der Waals surface area contributed by atoms with E-state index in [2.05, 4.69) is 41.2 Å². The van der Waals surface area contributed by atoms with Gasteiger partial charge in [0.2, 0.25) is 0 Å². The molecule has 3 rings (SSSR count). The van der Waals surface area contributed by atoms with Crippen molar-refractivity contribution in [3.8, 4) is 0 Å². The molecule has 0 heterocycles. The first-order valence-electron chi connectivity index (χ1n) is 7.33. The van der Waals surface area contributed by atoms with E-state index in [1.54, 1.807) is 12.1 Å². The van der Waals surface area contributed by atoms with Gasteiger partial charge in [-0.1, -0.05) is 54.6 Å². The summed E-state index contributed by atoms with van der Waals surface area (Å²) in [6.07, 6.45) is 0. The van der Waals surface area contributed by atoms with Gasteiger partial charge in [-0.2, -0.15) is 0 Å². The summed E-state index contributed by atoms with van der Waals surface area (Å²) in [5, 5.41) is 2.41. The summed E-state index contributed by atoms with van der Waals surface area (Å²) < 4.78 is 0. The largest absolute Gasteiger partial charge is 0.287 e. The normalized spacial score (nSPS) is 12.0.